The van der Waals surface area contributed by atoms with Gasteiger partial charge in [0.25, 0.3) is 0 Å². The van der Waals surface area contributed by atoms with Crippen LogP contribution in [0.2, 0.25) is 0 Å². The number of ether oxygens (including phenoxy) is 1. The first-order chi connectivity index (χ1) is 16.7. The van der Waals surface area contributed by atoms with Crippen molar-refractivity contribution in [2.24, 2.45) is 0 Å². The van der Waals surface area contributed by atoms with E-state index in [0.29, 0.717) is 30.5 Å². The van der Waals surface area contributed by atoms with Crippen molar-refractivity contribution in [2.75, 3.05) is 13.1 Å². The highest BCUT2D eigenvalue weighted by Crippen LogP contribution is 2.33. The number of rotatable bonds is 3. The van der Waals surface area contributed by atoms with Gasteiger partial charge in [0.1, 0.15) is 18.2 Å². The number of nitrogens with zero attached hydrogens (tertiary/aromatic N) is 3. The molecule has 0 bridgehead atoms. The molecule has 2 aliphatic heterocycles. The number of imidazole rings is 1. The summed E-state index contributed by atoms with van der Waals surface area (Å²) in [5.74, 6) is -1.22. The summed E-state index contributed by atoms with van der Waals surface area (Å²) >= 11 is 0. The summed E-state index contributed by atoms with van der Waals surface area (Å²) in [4.78, 5) is 51.0. The van der Waals surface area contributed by atoms with E-state index < -0.39 is 48.0 Å². The fourth-order valence-electron chi connectivity index (χ4n) is 4.83. The zero-order valence-electron chi connectivity index (χ0n) is 20.4. The lowest BCUT2D eigenvalue weighted by atomic mass is 9.89. The lowest BCUT2D eigenvalue weighted by Crippen LogP contribution is -2.44. The van der Waals surface area contributed by atoms with E-state index in [1.54, 1.807) is 43.9 Å². The molecule has 3 heterocycles. The fraction of sp³-hybridized carbons (Fsp3) is 0.583. The fourth-order valence-corrected chi connectivity index (χ4v) is 4.83. The number of hydrogen-bond acceptors (Lipinski definition) is 5. The number of alkyl halides is 3. The van der Waals surface area contributed by atoms with Crippen molar-refractivity contribution in [3.63, 3.8) is 0 Å². The number of hydrogen-bond donors (Lipinski definition) is 1. The molecule has 9 nitrogen and oxygen atoms in total. The maximum Gasteiger partial charge on any atom is 0.410 e. The van der Waals surface area contributed by atoms with E-state index in [-0.39, 0.29) is 29.8 Å². The number of likely N-dealkylation sites (tertiary alicyclic amines) is 1. The van der Waals surface area contributed by atoms with Crippen molar-refractivity contribution in [2.45, 2.75) is 76.7 Å². The molecule has 2 aliphatic rings. The monoisotopic (exact) mass is 510 g/mol. The third-order valence-electron chi connectivity index (χ3n) is 6.46. The molecule has 2 fully saturated rings. The molecule has 0 aliphatic carbocycles. The summed E-state index contributed by atoms with van der Waals surface area (Å²) < 4.78 is 47.2. The molecule has 1 unspecified atom stereocenters. The van der Waals surface area contributed by atoms with Gasteiger partial charge in [-0.05, 0) is 63.6 Å². The number of amides is 3. The van der Waals surface area contributed by atoms with Crippen LogP contribution in [0.4, 0.5) is 18.0 Å². The molecule has 2 saturated heterocycles. The second kappa shape index (κ2) is 9.29. The first-order valence-corrected chi connectivity index (χ1v) is 11.9. The standard InChI is InChI=1S/C24H29F3N4O5/c1-23(2,3)36-22(35)29-10-8-14(9-11-29)15-4-5-16-18(12-15)30(13-24(25,26)27)21(34)31(16)17-6-7-19(32)28-20(17)33/h4-5,12,14,17H,6-11,13H2,1-3H3,(H,28,32,33). The second-order valence-electron chi connectivity index (χ2n) is 10.3. The van der Waals surface area contributed by atoms with Gasteiger partial charge in [0.15, 0.2) is 0 Å². The van der Waals surface area contributed by atoms with Gasteiger partial charge in [0.05, 0.1) is 11.0 Å². The Labute approximate surface area is 205 Å². The minimum atomic E-state index is -4.65. The van der Waals surface area contributed by atoms with Crippen LogP contribution in [-0.4, -0.2) is 56.8 Å². The second-order valence-corrected chi connectivity index (χ2v) is 10.3. The summed E-state index contributed by atoms with van der Waals surface area (Å²) in [5, 5.41) is 2.16. The number of piperidine rings is 2. The lowest BCUT2D eigenvalue weighted by Gasteiger charge is -2.33. The van der Waals surface area contributed by atoms with E-state index >= 15 is 0 Å². The molecular formula is C24H29F3N4O5. The Morgan fingerprint density at radius 3 is 2.31 bits per heavy atom. The molecule has 1 N–H and O–H groups in total. The summed E-state index contributed by atoms with van der Waals surface area (Å²) in [6.45, 7) is 4.73. The third kappa shape index (κ3) is 5.41. The van der Waals surface area contributed by atoms with Gasteiger partial charge in [-0.25, -0.2) is 9.59 Å². The maximum absolute atomic E-state index is 13.4. The minimum absolute atomic E-state index is 0.0108. The van der Waals surface area contributed by atoms with E-state index in [9.17, 15) is 32.3 Å². The van der Waals surface area contributed by atoms with Crippen LogP contribution in [0.5, 0.6) is 0 Å². The van der Waals surface area contributed by atoms with E-state index in [1.165, 1.54) is 0 Å². The van der Waals surface area contributed by atoms with Crippen molar-refractivity contribution in [1.29, 1.82) is 0 Å². The van der Waals surface area contributed by atoms with Crippen LogP contribution < -0.4 is 11.0 Å². The number of carbonyl (C=O) groups excluding carboxylic acids is 3. The number of benzene rings is 1. The molecule has 0 spiro atoms. The van der Waals surface area contributed by atoms with Crippen LogP contribution in [0.15, 0.2) is 23.0 Å². The van der Waals surface area contributed by atoms with E-state index in [0.717, 1.165) is 10.1 Å². The third-order valence-corrected chi connectivity index (χ3v) is 6.46. The Balaban J connectivity index is 1.65. The van der Waals surface area contributed by atoms with Gasteiger partial charge >= 0.3 is 18.0 Å². The molecule has 1 aromatic carbocycles. The minimum Gasteiger partial charge on any atom is -0.444 e. The van der Waals surface area contributed by atoms with Crippen molar-refractivity contribution in [3.8, 4) is 0 Å². The molecule has 1 aromatic heterocycles. The van der Waals surface area contributed by atoms with Crippen molar-refractivity contribution in [1.82, 2.24) is 19.4 Å². The molecule has 4 rings (SSSR count). The maximum atomic E-state index is 13.4. The Morgan fingerprint density at radius 1 is 1.06 bits per heavy atom. The Hall–Kier alpha value is -3.31. The molecular weight excluding hydrogens is 481 g/mol. The topological polar surface area (TPSA) is 103 Å². The largest absolute Gasteiger partial charge is 0.444 e. The highest BCUT2D eigenvalue weighted by molar-refractivity contribution is 6.00. The number of fused-ring (bicyclic) bond motifs is 1. The zero-order valence-corrected chi connectivity index (χ0v) is 20.4. The number of nitrogens with one attached hydrogen (secondary N) is 1. The summed E-state index contributed by atoms with van der Waals surface area (Å²) in [6, 6.07) is 3.80. The molecule has 1 atom stereocenters. The molecule has 12 heteroatoms. The zero-order chi connectivity index (χ0) is 26.4. The molecule has 196 valence electrons. The predicted octanol–water partition coefficient (Wildman–Crippen LogP) is 3.46. The Morgan fingerprint density at radius 2 is 1.72 bits per heavy atom. The number of imide groups is 1. The molecule has 36 heavy (non-hydrogen) atoms. The number of carbonyl (C=O) groups is 3. The Bertz CT molecular complexity index is 1250. The number of halogens is 3. The average Bonchev–Trinajstić information content (AvgIpc) is 3.02. The molecule has 3 amide bonds. The van der Waals surface area contributed by atoms with Gasteiger partial charge in [-0.1, -0.05) is 6.07 Å². The van der Waals surface area contributed by atoms with Gasteiger partial charge in [0.2, 0.25) is 11.8 Å². The molecule has 2 aromatic rings. The highest BCUT2D eigenvalue weighted by Gasteiger charge is 2.35. The van der Waals surface area contributed by atoms with Crippen LogP contribution in [0.25, 0.3) is 11.0 Å². The lowest BCUT2D eigenvalue weighted by molar-refractivity contribution is -0.140. The van der Waals surface area contributed by atoms with E-state index in [1.807, 2.05) is 0 Å². The van der Waals surface area contributed by atoms with Gasteiger partial charge < -0.3 is 9.64 Å². The first-order valence-electron chi connectivity index (χ1n) is 11.9. The van der Waals surface area contributed by atoms with Gasteiger partial charge in [-0.3, -0.25) is 24.0 Å². The Kier molecular flexibility index (Phi) is 6.65. The highest BCUT2D eigenvalue weighted by atomic mass is 19.4. The van der Waals surface area contributed by atoms with Crippen LogP contribution in [0, 0.1) is 0 Å². The average molecular weight is 511 g/mol. The quantitative estimate of drug-likeness (QED) is 0.638. The summed E-state index contributed by atoms with van der Waals surface area (Å²) in [7, 11) is 0. The van der Waals surface area contributed by atoms with Crippen LogP contribution in [0.3, 0.4) is 0 Å². The van der Waals surface area contributed by atoms with E-state index in [2.05, 4.69) is 5.32 Å². The normalized spacial score (nSPS) is 20.1. The summed E-state index contributed by atoms with van der Waals surface area (Å²) in [6.07, 6.45) is -3.87. The molecule has 0 saturated carbocycles. The smallest absolute Gasteiger partial charge is 0.410 e. The SMILES string of the molecule is CC(C)(C)OC(=O)N1CCC(c2ccc3c(c2)n(CC(F)(F)F)c(=O)n3C2CCC(=O)NC2=O)CC1. The summed E-state index contributed by atoms with van der Waals surface area (Å²) in [5.41, 5.74) is -0.532. The predicted molar refractivity (Wildman–Crippen MR) is 123 cm³/mol. The van der Waals surface area contributed by atoms with Crippen LogP contribution >= 0.6 is 0 Å². The molecule has 0 radical (unpaired) electrons. The van der Waals surface area contributed by atoms with E-state index in [4.69, 9.17) is 4.74 Å². The van der Waals surface area contributed by atoms with Crippen molar-refractivity contribution >= 4 is 28.9 Å². The van der Waals surface area contributed by atoms with Gasteiger partial charge in [0, 0.05) is 19.5 Å². The van der Waals surface area contributed by atoms with Gasteiger partial charge in [-0.2, -0.15) is 13.2 Å². The van der Waals surface area contributed by atoms with Crippen LogP contribution in [-0.2, 0) is 20.9 Å². The van der Waals surface area contributed by atoms with Crippen LogP contribution in [0.1, 0.15) is 64.0 Å². The first kappa shape index (κ1) is 25.8. The van der Waals surface area contributed by atoms with Gasteiger partial charge in [-0.15, -0.1) is 0 Å². The number of aromatic nitrogens is 2. The van der Waals surface area contributed by atoms with Crippen molar-refractivity contribution < 1.29 is 32.3 Å². The van der Waals surface area contributed by atoms with Crippen molar-refractivity contribution in [3.05, 3.63) is 34.2 Å².